The van der Waals surface area contributed by atoms with Gasteiger partial charge in [-0.3, -0.25) is 0 Å². The number of rotatable bonds is 3. The maximum absolute atomic E-state index is 2.45. The number of hydrogen-bond donors (Lipinski definition) is 0. The number of nitrogens with zero attached hydrogens (tertiary/aromatic N) is 2. The van der Waals surface area contributed by atoms with Gasteiger partial charge in [-0.1, -0.05) is 109 Å². The van der Waals surface area contributed by atoms with Gasteiger partial charge in [0.05, 0.1) is 22.1 Å². The van der Waals surface area contributed by atoms with E-state index in [1.54, 1.807) is 0 Å². The molecule has 196 valence electrons. The van der Waals surface area contributed by atoms with Gasteiger partial charge >= 0.3 is 0 Å². The van der Waals surface area contributed by atoms with E-state index in [4.69, 9.17) is 0 Å². The Kier molecular flexibility index (Phi) is 4.93. The highest BCUT2D eigenvalue weighted by molar-refractivity contribution is 6.19. The molecular weight excluding hydrogens is 508 g/mol. The summed E-state index contributed by atoms with van der Waals surface area (Å²) >= 11 is 0. The molecular formula is C40H26N2. The van der Waals surface area contributed by atoms with Crippen LogP contribution in [0.15, 0.2) is 158 Å². The summed E-state index contributed by atoms with van der Waals surface area (Å²) in [7, 11) is 0. The summed E-state index contributed by atoms with van der Waals surface area (Å²) in [6, 6.07) is 57.2. The zero-order valence-electron chi connectivity index (χ0n) is 22.9. The fraction of sp³-hybridized carbons (Fsp3) is 0. The molecule has 0 aliphatic heterocycles. The summed E-state index contributed by atoms with van der Waals surface area (Å²) in [5.74, 6) is 0. The fourth-order valence-corrected chi connectivity index (χ4v) is 6.84. The van der Waals surface area contributed by atoms with E-state index in [9.17, 15) is 0 Å². The molecule has 0 saturated heterocycles. The van der Waals surface area contributed by atoms with Crippen molar-refractivity contribution in [1.29, 1.82) is 0 Å². The van der Waals surface area contributed by atoms with Crippen LogP contribution in [-0.4, -0.2) is 9.13 Å². The summed E-state index contributed by atoms with van der Waals surface area (Å²) in [5.41, 5.74) is 9.66. The van der Waals surface area contributed by atoms with Crippen molar-refractivity contribution in [3.63, 3.8) is 0 Å². The zero-order chi connectivity index (χ0) is 27.6. The van der Waals surface area contributed by atoms with Gasteiger partial charge in [0.25, 0.3) is 0 Å². The Morgan fingerprint density at radius 1 is 0.310 bits per heavy atom. The van der Waals surface area contributed by atoms with E-state index in [0.29, 0.717) is 0 Å². The Morgan fingerprint density at radius 2 is 0.833 bits per heavy atom. The minimum Gasteiger partial charge on any atom is -0.309 e. The molecule has 7 aromatic carbocycles. The van der Waals surface area contributed by atoms with Gasteiger partial charge in [-0.15, -0.1) is 0 Å². The normalized spacial score (nSPS) is 11.8. The molecule has 0 N–H and O–H groups in total. The highest BCUT2D eigenvalue weighted by atomic mass is 15.0. The van der Waals surface area contributed by atoms with Gasteiger partial charge in [-0.25, -0.2) is 0 Å². The Balaban J connectivity index is 1.44. The molecule has 0 spiro atoms. The van der Waals surface area contributed by atoms with Crippen molar-refractivity contribution in [2.75, 3.05) is 0 Å². The lowest BCUT2D eigenvalue weighted by molar-refractivity contribution is 1.17. The average Bonchev–Trinajstić information content (AvgIpc) is 3.56. The molecule has 0 aliphatic carbocycles. The first kappa shape index (κ1) is 23.1. The number of benzene rings is 7. The standard InChI is InChI=1S/C40H26N2/c1-3-13-27(14-4-1)34-24-30(23-28-15-7-8-18-31(28)34)42-38-22-12-10-20-33(38)36-25-35-32-19-9-11-21-37(32)41(39(35)26-40(36)42)29-16-5-2-6-17-29/h1-26H. The minimum atomic E-state index is 1.17. The van der Waals surface area contributed by atoms with Gasteiger partial charge in [0.2, 0.25) is 0 Å². The quantitative estimate of drug-likeness (QED) is 0.213. The third-order valence-corrected chi connectivity index (χ3v) is 8.67. The van der Waals surface area contributed by atoms with Crippen LogP contribution in [0.3, 0.4) is 0 Å². The molecule has 0 atom stereocenters. The Hall–Kier alpha value is -5.60. The first-order valence-corrected chi connectivity index (χ1v) is 14.5. The molecule has 0 amide bonds. The van der Waals surface area contributed by atoms with E-state index in [-0.39, 0.29) is 0 Å². The van der Waals surface area contributed by atoms with Gasteiger partial charge in [0.1, 0.15) is 0 Å². The first-order chi connectivity index (χ1) is 20.8. The van der Waals surface area contributed by atoms with Gasteiger partial charge in [0, 0.05) is 32.9 Å². The lowest BCUT2D eigenvalue weighted by atomic mass is 9.97. The number of hydrogen-bond acceptors (Lipinski definition) is 0. The summed E-state index contributed by atoms with van der Waals surface area (Å²) in [4.78, 5) is 0. The predicted octanol–water partition coefficient (Wildman–Crippen LogP) is 10.7. The topological polar surface area (TPSA) is 9.86 Å². The molecule has 2 heterocycles. The zero-order valence-corrected chi connectivity index (χ0v) is 22.9. The SMILES string of the molecule is c1ccc(-c2cc(-n3c4ccccc4c4cc5c6ccccc6n(-c6ccccc6)c5cc43)cc3ccccc23)cc1. The van der Waals surface area contributed by atoms with Crippen LogP contribution in [0.4, 0.5) is 0 Å². The van der Waals surface area contributed by atoms with E-state index in [2.05, 4.69) is 167 Å². The second-order valence-corrected chi connectivity index (χ2v) is 11.0. The maximum Gasteiger partial charge on any atom is 0.0562 e. The molecule has 2 heteroatoms. The summed E-state index contributed by atoms with van der Waals surface area (Å²) in [5, 5.41) is 7.57. The molecule has 9 rings (SSSR count). The lowest BCUT2D eigenvalue weighted by Gasteiger charge is -2.14. The monoisotopic (exact) mass is 534 g/mol. The molecule has 0 aliphatic rings. The molecule has 2 aromatic heterocycles. The second kappa shape index (κ2) is 8.95. The van der Waals surface area contributed by atoms with Crippen molar-refractivity contribution in [2.24, 2.45) is 0 Å². The molecule has 42 heavy (non-hydrogen) atoms. The van der Waals surface area contributed by atoms with Gasteiger partial charge < -0.3 is 9.13 Å². The van der Waals surface area contributed by atoms with Gasteiger partial charge in [0.15, 0.2) is 0 Å². The number of aromatic nitrogens is 2. The van der Waals surface area contributed by atoms with Crippen molar-refractivity contribution >= 4 is 54.4 Å². The first-order valence-electron chi connectivity index (χ1n) is 14.5. The van der Waals surface area contributed by atoms with Gasteiger partial charge in [-0.05, 0) is 70.4 Å². The number of para-hydroxylation sites is 3. The van der Waals surface area contributed by atoms with Crippen LogP contribution in [0.25, 0.3) is 76.9 Å². The van der Waals surface area contributed by atoms with Crippen molar-refractivity contribution < 1.29 is 0 Å². The summed E-state index contributed by atoms with van der Waals surface area (Å²) < 4.78 is 4.86. The fourth-order valence-electron chi connectivity index (χ4n) is 6.84. The van der Waals surface area contributed by atoms with E-state index in [0.717, 1.165) is 0 Å². The van der Waals surface area contributed by atoms with E-state index < -0.39 is 0 Å². The van der Waals surface area contributed by atoms with Crippen molar-refractivity contribution in [2.45, 2.75) is 0 Å². The molecule has 0 unspecified atom stereocenters. The molecule has 0 bridgehead atoms. The third-order valence-electron chi connectivity index (χ3n) is 8.67. The average molecular weight is 535 g/mol. The largest absolute Gasteiger partial charge is 0.309 e. The van der Waals surface area contributed by atoms with Crippen molar-refractivity contribution in [1.82, 2.24) is 9.13 Å². The molecule has 2 nitrogen and oxygen atoms in total. The molecule has 0 radical (unpaired) electrons. The highest BCUT2D eigenvalue weighted by Gasteiger charge is 2.19. The molecule has 0 saturated carbocycles. The van der Waals surface area contributed by atoms with Crippen molar-refractivity contribution in [3.05, 3.63) is 158 Å². The van der Waals surface area contributed by atoms with Crippen LogP contribution in [-0.2, 0) is 0 Å². The lowest BCUT2D eigenvalue weighted by Crippen LogP contribution is -1.97. The Morgan fingerprint density at radius 3 is 1.50 bits per heavy atom. The highest BCUT2D eigenvalue weighted by Crippen LogP contribution is 2.41. The predicted molar refractivity (Wildman–Crippen MR) is 178 cm³/mol. The Labute approximate surface area is 243 Å². The van der Waals surface area contributed by atoms with E-state index in [1.165, 1.54) is 76.9 Å². The third kappa shape index (κ3) is 3.33. The maximum atomic E-state index is 2.45. The smallest absolute Gasteiger partial charge is 0.0562 e. The van der Waals surface area contributed by atoms with Crippen LogP contribution in [0.1, 0.15) is 0 Å². The van der Waals surface area contributed by atoms with E-state index in [1.807, 2.05) is 0 Å². The van der Waals surface area contributed by atoms with Gasteiger partial charge in [-0.2, -0.15) is 0 Å². The van der Waals surface area contributed by atoms with Crippen LogP contribution in [0, 0.1) is 0 Å². The van der Waals surface area contributed by atoms with Crippen LogP contribution >= 0.6 is 0 Å². The second-order valence-electron chi connectivity index (χ2n) is 11.0. The van der Waals surface area contributed by atoms with Crippen molar-refractivity contribution in [3.8, 4) is 22.5 Å². The number of fused-ring (bicyclic) bond motifs is 7. The Bertz CT molecular complexity index is 2440. The van der Waals surface area contributed by atoms with E-state index >= 15 is 0 Å². The summed E-state index contributed by atoms with van der Waals surface area (Å²) in [6.07, 6.45) is 0. The van der Waals surface area contributed by atoms with Crippen LogP contribution < -0.4 is 0 Å². The summed E-state index contributed by atoms with van der Waals surface area (Å²) in [6.45, 7) is 0. The molecule has 9 aromatic rings. The van der Waals surface area contributed by atoms with Crippen LogP contribution in [0.2, 0.25) is 0 Å². The minimum absolute atomic E-state index is 1.17. The molecule has 0 fully saturated rings. The van der Waals surface area contributed by atoms with Crippen LogP contribution in [0.5, 0.6) is 0 Å².